The SMILES string of the molecule is Cc1c(Cl)cccc1CCCBr. The van der Waals surface area contributed by atoms with Crippen molar-refractivity contribution in [2.75, 3.05) is 5.33 Å². The quantitative estimate of drug-likeness (QED) is 0.709. The average molecular weight is 248 g/mol. The molecule has 0 fully saturated rings. The summed E-state index contributed by atoms with van der Waals surface area (Å²) < 4.78 is 0. The first-order valence-corrected chi connectivity index (χ1v) is 5.55. The molecule has 0 nitrogen and oxygen atoms in total. The van der Waals surface area contributed by atoms with Crippen LogP contribution in [-0.2, 0) is 6.42 Å². The van der Waals surface area contributed by atoms with Crippen molar-refractivity contribution in [2.45, 2.75) is 19.8 Å². The molecule has 0 aliphatic carbocycles. The second-order valence-electron chi connectivity index (χ2n) is 2.82. The normalized spacial score (nSPS) is 10.2. The fourth-order valence-corrected chi connectivity index (χ4v) is 1.65. The van der Waals surface area contributed by atoms with Gasteiger partial charge in [0.25, 0.3) is 0 Å². The number of alkyl halides is 1. The number of aryl methyl sites for hydroxylation is 1. The Labute approximate surface area is 87.1 Å². The van der Waals surface area contributed by atoms with Crippen molar-refractivity contribution in [1.29, 1.82) is 0 Å². The van der Waals surface area contributed by atoms with Crippen molar-refractivity contribution in [3.05, 3.63) is 34.3 Å². The van der Waals surface area contributed by atoms with E-state index in [0.717, 1.165) is 16.8 Å². The molecule has 0 aromatic heterocycles. The molecule has 66 valence electrons. The molecule has 0 saturated heterocycles. The minimum atomic E-state index is 0.877. The molecule has 0 heterocycles. The first-order chi connectivity index (χ1) is 5.75. The highest BCUT2D eigenvalue weighted by molar-refractivity contribution is 9.09. The molecular weight excluding hydrogens is 235 g/mol. The monoisotopic (exact) mass is 246 g/mol. The molecule has 0 amide bonds. The van der Waals surface area contributed by atoms with Crippen LogP contribution in [0, 0.1) is 6.92 Å². The molecular formula is C10H12BrCl. The third-order valence-corrected chi connectivity index (χ3v) is 2.93. The molecule has 0 aliphatic rings. The summed E-state index contributed by atoms with van der Waals surface area (Å²) in [7, 11) is 0. The van der Waals surface area contributed by atoms with E-state index in [9.17, 15) is 0 Å². The molecule has 0 spiro atoms. The van der Waals surface area contributed by atoms with Crippen LogP contribution in [0.4, 0.5) is 0 Å². The van der Waals surface area contributed by atoms with E-state index >= 15 is 0 Å². The Kier molecular flexibility index (Phi) is 4.10. The van der Waals surface area contributed by atoms with E-state index < -0.39 is 0 Å². The molecule has 0 aliphatic heterocycles. The van der Waals surface area contributed by atoms with Crippen molar-refractivity contribution in [3.8, 4) is 0 Å². The highest BCUT2D eigenvalue weighted by Crippen LogP contribution is 2.19. The number of hydrogen-bond acceptors (Lipinski definition) is 0. The molecule has 2 heteroatoms. The molecule has 0 bridgehead atoms. The predicted octanol–water partition coefficient (Wildman–Crippen LogP) is 3.98. The molecule has 0 saturated carbocycles. The van der Waals surface area contributed by atoms with Gasteiger partial charge < -0.3 is 0 Å². The molecule has 0 atom stereocenters. The van der Waals surface area contributed by atoms with Crippen LogP contribution < -0.4 is 0 Å². The summed E-state index contributed by atoms with van der Waals surface area (Å²) in [6.07, 6.45) is 2.28. The van der Waals surface area contributed by atoms with Gasteiger partial charge in [0.05, 0.1) is 0 Å². The van der Waals surface area contributed by atoms with Gasteiger partial charge >= 0.3 is 0 Å². The van der Waals surface area contributed by atoms with Gasteiger partial charge in [0, 0.05) is 10.4 Å². The fraction of sp³-hybridized carbons (Fsp3) is 0.400. The lowest BCUT2D eigenvalue weighted by molar-refractivity contribution is 0.929. The number of halogens is 2. The fourth-order valence-electron chi connectivity index (χ4n) is 1.18. The summed E-state index contributed by atoms with van der Waals surface area (Å²) in [5.41, 5.74) is 2.59. The molecule has 0 N–H and O–H groups in total. The van der Waals surface area contributed by atoms with Gasteiger partial charge in [-0.2, -0.15) is 0 Å². The van der Waals surface area contributed by atoms with Crippen LogP contribution >= 0.6 is 27.5 Å². The van der Waals surface area contributed by atoms with E-state index in [-0.39, 0.29) is 0 Å². The van der Waals surface area contributed by atoms with Crippen LogP contribution in [0.1, 0.15) is 17.5 Å². The van der Waals surface area contributed by atoms with Gasteiger partial charge in [-0.25, -0.2) is 0 Å². The molecule has 1 aromatic carbocycles. The van der Waals surface area contributed by atoms with Crippen LogP contribution in [0.3, 0.4) is 0 Å². The minimum absolute atomic E-state index is 0.877. The molecule has 12 heavy (non-hydrogen) atoms. The van der Waals surface area contributed by atoms with E-state index in [2.05, 4.69) is 28.9 Å². The van der Waals surface area contributed by atoms with Crippen LogP contribution in [0.15, 0.2) is 18.2 Å². The van der Waals surface area contributed by atoms with Gasteiger partial charge in [-0.3, -0.25) is 0 Å². The van der Waals surface area contributed by atoms with E-state index in [0.29, 0.717) is 0 Å². The van der Waals surface area contributed by atoms with E-state index in [1.165, 1.54) is 17.5 Å². The number of benzene rings is 1. The summed E-state index contributed by atoms with van der Waals surface area (Å²) >= 11 is 9.40. The van der Waals surface area contributed by atoms with Crippen molar-refractivity contribution >= 4 is 27.5 Å². The van der Waals surface area contributed by atoms with Gasteiger partial charge in [-0.15, -0.1) is 0 Å². The van der Waals surface area contributed by atoms with Crippen LogP contribution in [0.5, 0.6) is 0 Å². The Balaban J connectivity index is 2.78. The smallest absolute Gasteiger partial charge is 0.0437 e. The van der Waals surface area contributed by atoms with Crippen LogP contribution in [0.2, 0.25) is 5.02 Å². The van der Waals surface area contributed by atoms with Gasteiger partial charge in [-0.05, 0) is 37.0 Å². The number of rotatable bonds is 3. The van der Waals surface area contributed by atoms with Gasteiger partial charge in [0.2, 0.25) is 0 Å². The Morgan fingerprint density at radius 1 is 1.42 bits per heavy atom. The van der Waals surface area contributed by atoms with Gasteiger partial charge in [-0.1, -0.05) is 39.7 Å². The van der Waals surface area contributed by atoms with E-state index in [1.807, 2.05) is 12.1 Å². The molecule has 0 unspecified atom stereocenters. The van der Waals surface area contributed by atoms with Crippen LogP contribution in [0.25, 0.3) is 0 Å². The van der Waals surface area contributed by atoms with Crippen molar-refractivity contribution in [3.63, 3.8) is 0 Å². The van der Waals surface area contributed by atoms with Crippen molar-refractivity contribution < 1.29 is 0 Å². The molecule has 1 rings (SSSR count). The first-order valence-electron chi connectivity index (χ1n) is 4.05. The summed E-state index contributed by atoms with van der Waals surface area (Å²) in [4.78, 5) is 0. The standard InChI is InChI=1S/C10H12BrCl/c1-8-9(5-3-7-11)4-2-6-10(8)12/h2,4,6H,3,5,7H2,1H3. The third kappa shape index (κ3) is 2.49. The maximum absolute atomic E-state index is 5.98. The highest BCUT2D eigenvalue weighted by Gasteiger charge is 2.00. The lowest BCUT2D eigenvalue weighted by Gasteiger charge is -2.05. The summed E-state index contributed by atoms with van der Waals surface area (Å²) in [5, 5.41) is 1.93. The lowest BCUT2D eigenvalue weighted by Crippen LogP contribution is -1.90. The first kappa shape index (κ1) is 10.1. The highest BCUT2D eigenvalue weighted by atomic mass is 79.9. The second-order valence-corrected chi connectivity index (χ2v) is 4.02. The van der Waals surface area contributed by atoms with Crippen LogP contribution in [-0.4, -0.2) is 5.33 Å². The zero-order valence-corrected chi connectivity index (χ0v) is 9.45. The maximum Gasteiger partial charge on any atom is 0.0437 e. The van der Waals surface area contributed by atoms with E-state index in [4.69, 9.17) is 11.6 Å². The van der Waals surface area contributed by atoms with Gasteiger partial charge in [0.1, 0.15) is 0 Å². The number of hydrogen-bond donors (Lipinski definition) is 0. The Morgan fingerprint density at radius 3 is 2.83 bits per heavy atom. The zero-order chi connectivity index (χ0) is 8.97. The summed E-state index contributed by atoms with van der Waals surface area (Å²) in [6.45, 7) is 2.08. The van der Waals surface area contributed by atoms with E-state index in [1.54, 1.807) is 0 Å². The van der Waals surface area contributed by atoms with Crippen molar-refractivity contribution in [1.82, 2.24) is 0 Å². The molecule has 1 aromatic rings. The van der Waals surface area contributed by atoms with Crippen molar-refractivity contribution in [2.24, 2.45) is 0 Å². The Bertz CT molecular complexity index is 258. The maximum atomic E-state index is 5.98. The van der Waals surface area contributed by atoms with Gasteiger partial charge in [0.15, 0.2) is 0 Å². The zero-order valence-electron chi connectivity index (χ0n) is 7.11. The average Bonchev–Trinajstić information content (AvgIpc) is 2.08. The molecule has 0 radical (unpaired) electrons. The summed E-state index contributed by atoms with van der Waals surface area (Å²) in [6, 6.07) is 6.09. The largest absolute Gasteiger partial charge is 0.0928 e. The predicted molar refractivity (Wildman–Crippen MR) is 58.3 cm³/mol. The lowest BCUT2D eigenvalue weighted by atomic mass is 10.0. The third-order valence-electron chi connectivity index (χ3n) is 1.96. The topological polar surface area (TPSA) is 0 Å². The Morgan fingerprint density at radius 2 is 2.17 bits per heavy atom. The minimum Gasteiger partial charge on any atom is -0.0928 e. The second kappa shape index (κ2) is 4.88. The Hall–Kier alpha value is -0.0100. The summed E-state index contributed by atoms with van der Waals surface area (Å²) in [5.74, 6) is 0.